The first-order valence-corrected chi connectivity index (χ1v) is 25.5. The summed E-state index contributed by atoms with van der Waals surface area (Å²) in [5.41, 5.74) is 2.65. The van der Waals surface area contributed by atoms with Crippen LogP contribution >= 0.6 is 0 Å². The molecule has 2 aromatic rings. The summed E-state index contributed by atoms with van der Waals surface area (Å²) < 4.78 is 72.7. The lowest BCUT2D eigenvalue weighted by Crippen LogP contribution is -2.68. The molecule has 0 aliphatic heterocycles. The van der Waals surface area contributed by atoms with E-state index in [1.165, 1.54) is 217 Å². The van der Waals surface area contributed by atoms with Gasteiger partial charge >= 0.3 is 0 Å². The molecular formula is C46H82Cl2N2O8. The first-order chi connectivity index (χ1) is 27.8. The number of nitrogens with zero attached hydrogens (tertiary/aromatic N) is 2. The first-order valence-electron chi connectivity index (χ1n) is 23.1. The van der Waals surface area contributed by atoms with Gasteiger partial charge in [0.2, 0.25) is 0 Å². The van der Waals surface area contributed by atoms with Crippen molar-refractivity contribution < 1.29 is 66.9 Å². The van der Waals surface area contributed by atoms with Crippen molar-refractivity contribution >= 4 is 0 Å². The van der Waals surface area contributed by atoms with Gasteiger partial charge in [-0.1, -0.05) is 194 Å². The van der Waals surface area contributed by atoms with Gasteiger partial charge in [0.25, 0.3) is 0 Å². The second kappa shape index (κ2) is 39.7. The average Bonchev–Trinajstić information content (AvgIpc) is 3.17. The number of pyridine rings is 2. The lowest BCUT2D eigenvalue weighted by Gasteiger charge is -2.17. The topological polar surface area (TPSA) is 192 Å². The molecule has 10 nitrogen and oxygen atoms in total. The molecule has 0 amide bonds. The smallest absolute Gasteiger partial charge is 0.169 e. The van der Waals surface area contributed by atoms with Crippen molar-refractivity contribution in [3.63, 3.8) is 0 Å². The summed E-state index contributed by atoms with van der Waals surface area (Å²) in [5.74, 6) is 0. The highest BCUT2D eigenvalue weighted by Gasteiger charge is 2.06. The number of halogens is 2. The summed E-state index contributed by atoms with van der Waals surface area (Å²) in [4.78, 5) is 0. The zero-order chi connectivity index (χ0) is 43.0. The Balaban J connectivity index is 0.00000288. The second-order valence-electron chi connectivity index (χ2n) is 16.0. The first kappa shape index (κ1) is 56.6. The molecule has 0 aromatic carbocycles. The van der Waals surface area contributed by atoms with E-state index in [9.17, 15) is 0 Å². The predicted octanol–water partition coefficient (Wildman–Crippen LogP) is 4.94. The van der Waals surface area contributed by atoms with E-state index in [-0.39, 0.29) is 0 Å². The molecule has 0 atom stereocenters. The molecule has 0 spiro atoms. The van der Waals surface area contributed by atoms with Crippen LogP contribution < -0.4 is 46.4 Å². The molecule has 0 saturated carbocycles. The molecule has 0 radical (unpaired) electrons. The van der Waals surface area contributed by atoms with Crippen molar-refractivity contribution in [3.05, 3.63) is 49.1 Å². The van der Waals surface area contributed by atoms with E-state index in [4.69, 9.17) is 37.3 Å². The van der Waals surface area contributed by atoms with Crippen molar-refractivity contribution in [1.82, 2.24) is 0 Å². The van der Waals surface area contributed by atoms with Crippen molar-refractivity contribution in [2.45, 2.75) is 232 Å². The highest BCUT2D eigenvalue weighted by Crippen LogP contribution is 2.17. The summed E-state index contributed by atoms with van der Waals surface area (Å²) in [6.45, 7) is 6.90. The van der Waals surface area contributed by atoms with Crippen LogP contribution in [0.4, 0.5) is 0 Å². The van der Waals surface area contributed by atoms with E-state index in [1.54, 1.807) is 0 Å². The Labute approximate surface area is 358 Å². The molecule has 2 heterocycles. The van der Waals surface area contributed by atoms with Crippen LogP contribution in [-0.4, -0.2) is 0 Å². The number of unbranched alkanes of at least 4 members (excludes halogenated alkanes) is 30. The molecule has 0 aliphatic carbocycles. The monoisotopic (exact) mass is 861 g/mol. The molecule has 0 bridgehead atoms. The molecule has 2 rings (SSSR count). The minimum atomic E-state index is -4.94. The van der Waals surface area contributed by atoms with E-state index in [0.717, 1.165) is 13.1 Å². The van der Waals surface area contributed by atoms with Crippen molar-refractivity contribution in [2.24, 2.45) is 0 Å². The fourth-order valence-corrected chi connectivity index (χ4v) is 7.28. The summed E-state index contributed by atoms with van der Waals surface area (Å²) >= 11 is 0. The maximum absolute atomic E-state index is 8.49. The molecule has 0 aliphatic rings. The highest BCUT2D eigenvalue weighted by atomic mass is 35.7. The van der Waals surface area contributed by atoms with E-state index >= 15 is 0 Å². The van der Waals surface area contributed by atoms with Gasteiger partial charge in [0.05, 0.1) is 0 Å². The van der Waals surface area contributed by atoms with Crippen LogP contribution in [0.3, 0.4) is 0 Å². The van der Waals surface area contributed by atoms with Gasteiger partial charge in [-0.3, -0.25) is 0 Å². The molecule has 0 N–H and O–H groups in total. The summed E-state index contributed by atoms with van der Waals surface area (Å²) in [6.07, 6.45) is 54.9. The Hall–Kier alpha value is -1.44. The number of aryl methyl sites for hydroxylation is 2. The van der Waals surface area contributed by atoms with Crippen molar-refractivity contribution in [2.75, 3.05) is 0 Å². The molecule has 58 heavy (non-hydrogen) atoms. The van der Waals surface area contributed by atoms with E-state index in [1.807, 2.05) is 0 Å². The summed E-state index contributed by atoms with van der Waals surface area (Å²) in [5, 5.41) is 0. The van der Waals surface area contributed by atoms with Crippen LogP contribution in [0.5, 0.6) is 0 Å². The van der Waals surface area contributed by atoms with E-state index < -0.39 is 20.5 Å². The predicted molar refractivity (Wildman–Crippen MR) is 211 cm³/mol. The maximum Gasteiger partial charge on any atom is 0.169 e. The summed E-state index contributed by atoms with van der Waals surface area (Å²) in [6, 6.07) is 9.17. The van der Waals surface area contributed by atoms with Gasteiger partial charge in [0.15, 0.2) is 24.8 Å². The quantitative estimate of drug-likeness (QED) is 0.0688. The van der Waals surface area contributed by atoms with Crippen LogP contribution in [0.1, 0.15) is 219 Å². The van der Waals surface area contributed by atoms with E-state index in [0.29, 0.717) is 0 Å². The van der Waals surface area contributed by atoms with Crippen molar-refractivity contribution in [1.29, 1.82) is 0 Å². The molecule has 0 saturated heterocycles. The minimum Gasteiger partial charge on any atom is -0.222 e. The average molecular weight is 862 g/mol. The fraction of sp³-hybridized carbons (Fsp3) is 0.783. The number of hydrogen-bond donors (Lipinski definition) is 0. The van der Waals surface area contributed by atoms with Gasteiger partial charge in [0, 0.05) is 37.1 Å². The zero-order valence-electron chi connectivity index (χ0n) is 36.6. The largest absolute Gasteiger partial charge is 0.222 e. The highest BCUT2D eigenvalue weighted by molar-refractivity contribution is 5.60. The third-order valence-electron chi connectivity index (χ3n) is 10.7. The van der Waals surface area contributed by atoms with Gasteiger partial charge in [-0.25, -0.2) is 46.4 Å². The van der Waals surface area contributed by atoms with Gasteiger partial charge in [-0.15, -0.1) is 20.5 Å². The zero-order valence-corrected chi connectivity index (χ0v) is 38.1. The second-order valence-corrected chi connectivity index (χ2v) is 17.5. The Kier molecular flexibility index (Phi) is 38.7. The number of aromatic nitrogens is 2. The van der Waals surface area contributed by atoms with Crippen LogP contribution in [0.2, 0.25) is 0 Å². The molecule has 0 unspecified atom stereocenters. The summed E-state index contributed by atoms with van der Waals surface area (Å²) in [7, 11) is -9.89. The molecular weight excluding hydrogens is 779 g/mol. The van der Waals surface area contributed by atoms with Crippen LogP contribution in [0, 0.1) is 20.5 Å². The third kappa shape index (κ3) is 45.6. The Bertz CT molecular complexity index is 1030. The Morgan fingerprint density at radius 3 is 0.621 bits per heavy atom. The van der Waals surface area contributed by atoms with Crippen molar-refractivity contribution in [3.8, 4) is 11.1 Å². The third-order valence-corrected chi connectivity index (χ3v) is 10.7. The van der Waals surface area contributed by atoms with Crippen LogP contribution in [-0.2, 0) is 13.1 Å². The molecule has 0 fully saturated rings. The fourth-order valence-electron chi connectivity index (χ4n) is 7.28. The normalized spacial score (nSPS) is 11.6. The van der Waals surface area contributed by atoms with Crippen LogP contribution in [0.15, 0.2) is 49.1 Å². The lowest BCUT2D eigenvalue weighted by molar-refractivity contribution is -2.00. The minimum absolute atomic E-state index is 1.15. The maximum atomic E-state index is 8.49. The van der Waals surface area contributed by atoms with Gasteiger partial charge in [-0.05, 0) is 24.0 Å². The molecule has 338 valence electrons. The Morgan fingerprint density at radius 1 is 0.293 bits per heavy atom. The molecule has 2 aromatic heterocycles. The van der Waals surface area contributed by atoms with Gasteiger partial charge < -0.3 is 0 Å². The van der Waals surface area contributed by atoms with E-state index in [2.05, 4.69) is 72.0 Å². The lowest BCUT2D eigenvalue weighted by atomic mass is 10.0. The molecule has 12 heteroatoms. The number of rotatable bonds is 35. The standard InChI is InChI=1S/C46H82N2.2ClHO4/c1-3-5-7-9-11-13-15-17-19-21-23-25-27-29-31-33-39-47-41-35-45(36-42-47)46-37-43-48(44-38-46)40-34-32-30-28-26-24-22-20-18-16-14-12-10-8-6-4-2;2*2-1(3,4)5/h35-38,41-44H,3-34,39-40H2,1-2H3;2*(H,2,3,4,5)/q+2;;/p-2. The van der Waals surface area contributed by atoms with Gasteiger partial charge in [-0.2, -0.15) is 0 Å². The van der Waals surface area contributed by atoms with Gasteiger partial charge in [0.1, 0.15) is 13.1 Å². The van der Waals surface area contributed by atoms with Crippen LogP contribution in [0.25, 0.3) is 11.1 Å². The SMILES string of the molecule is CCCCCCCCCCCCCCCCCC[n+]1ccc(-c2cc[n+](CCCCCCCCCCCCCCCCCC)cc2)cc1.[O-][Cl+3]([O-])([O-])[O-].[O-][Cl+3]([O-])([O-])[O-]. The Morgan fingerprint density at radius 2 is 0.448 bits per heavy atom. The number of hydrogen-bond acceptors (Lipinski definition) is 8.